The lowest BCUT2D eigenvalue weighted by Gasteiger charge is -2.27. The molecule has 0 aliphatic carbocycles. The fourth-order valence-electron chi connectivity index (χ4n) is 5.07. The summed E-state index contributed by atoms with van der Waals surface area (Å²) in [5, 5.41) is 0.851. The van der Waals surface area contributed by atoms with E-state index < -0.39 is 23.8 Å². The molecule has 9 nitrogen and oxygen atoms in total. The van der Waals surface area contributed by atoms with Crippen LogP contribution in [0.2, 0.25) is 0 Å². The van der Waals surface area contributed by atoms with E-state index in [9.17, 15) is 14.4 Å². The highest BCUT2D eigenvalue weighted by Crippen LogP contribution is 2.34. The minimum atomic E-state index is -1.02. The predicted molar refractivity (Wildman–Crippen MR) is 159 cm³/mol. The highest BCUT2D eigenvalue weighted by atomic mass is 32.1. The molecule has 0 N–H and O–H groups in total. The number of carbonyl (C=O) groups excluding carboxylic acids is 3. The van der Waals surface area contributed by atoms with Gasteiger partial charge in [0.15, 0.2) is 11.5 Å². The standard InChI is InChI=1S/C32H27N3O6S/c1-19-6-12-24-28(15-19)42-30(33-24)20-7-10-22(11-8-20)35-29(36)17-25(32(35)38)34(18-23-5-4-14-41-23)31(37)21-9-13-26(39-2)27(16-21)40-3/h4-16,25H,17-18H2,1-3H3. The van der Waals surface area contributed by atoms with Crippen molar-refractivity contribution in [1.82, 2.24) is 9.88 Å². The van der Waals surface area contributed by atoms with Crippen LogP contribution in [0.3, 0.4) is 0 Å². The number of ether oxygens (including phenoxy) is 2. The maximum atomic E-state index is 13.8. The molecule has 1 aliphatic rings. The van der Waals surface area contributed by atoms with Gasteiger partial charge in [-0.2, -0.15) is 0 Å². The summed E-state index contributed by atoms with van der Waals surface area (Å²) in [7, 11) is 2.99. The average molecular weight is 582 g/mol. The third-order valence-electron chi connectivity index (χ3n) is 7.21. The van der Waals surface area contributed by atoms with Crippen molar-refractivity contribution in [2.75, 3.05) is 19.1 Å². The third-order valence-corrected chi connectivity index (χ3v) is 8.28. The number of methoxy groups -OCH3 is 2. The van der Waals surface area contributed by atoms with Gasteiger partial charge in [-0.1, -0.05) is 6.07 Å². The molecule has 10 heteroatoms. The quantitative estimate of drug-likeness (QED) is 0.212. The fourth-order valence-corrected chi connectivity index (χ4v) is 6.14. The van der Waals surface area contributed by atoms with Crippen LogP contribution in [0, 0.1) is 6.92 Å². The Hall–Kier alpha value is -4.96. The smallest absolute Gasteiger partial charge is 0.257 e. The van der Waals surface area contributed by atoms with Crippen molar-refractivity contribution in [2.24, 2.45) is 0 Å². The molecular formula is C32H27N3O6S. The van der Waals surface area contributed by atoms with Gasteiger partial charge in [0.2, 0.25) is 5.91 Å². The minimum Gasteiger partial charge on any atom is -0.493 e. The molecule has 0 radical (unpaired) electrons. The molecule has 3 aromatic carbocycles. The highest BCUT2D eigenvalue weighted by molar-refractivity contribution is 7.21. The van der Waals surface area contributed by atoms with Crippen LogP contribution < -0.4 is 14.4 Å². The molecule has 3 heterocycles. The van der Waals surface area contributed by atoms with Crippen LogP contribution in [-0.4, -0.2) is 47.9 Å². The lowest BCUT2D eigenvalue weighted by Crippen LogP contribution is -2.45. The van der Waals surface area contributed by atoms with Gasteiger partial charge < -0.3 is 18.8 Å². The monoisotopic (exact) mass is 581 g/mol. The largest absolute Gasteiger partial charge is 0.493 e. The summed E-state index contributed by atoms with van der Waals surface area (Å²) >= 11 is 1.59. The number of anilines is 1. The summed E-state index contributed by atoms with van der Waals surface area (Å²) in [5.41, 5.74) is 3.70. The van der Waals surface area contributed by atoms with Gasteiger partial charge in [0.05, 0.1) is 49.4 Å². The summed E-state index contributed by atoms with van der Waals surface area (Å²) in [6, 6.07) is 20.5. The van der Waals surface area contributed by atoms with Crippen LogP contribution >= 0.6 is 11.3 Å². The first kappa shape index (κ1) is 27.2. The number of imide groups is 1. The first-order valence-corrected chi connectivity index (χ1v) is 14.1. The molecule has 2 aromatic heterocycles. The van der Waals surface area contributed by atoms with Crippen molar-refractivity contribution in [3.05, 3.63) is 95.9 Å². The summed E-state index contributed by atoms with van der Waals surface area (Å²) in [6.45, 7) is 2.05. The molecule has 0 saturated carbocycles. The number of furan rings is 1. The number of amides is 3. The molecule has 1 saturated heterocycles. The summed E-state index contributed by atoms with van der Waals surface area (Å²) < 4.78 is 17.3. The molecule has 0 spiro atoms. The molecule has 1 unspecified atom stereocenters. The van der Waals surface area contributed by atoms with E-state index in [0.717, 1.165) is 25.7 Å². The number of carbonyl (C=O) groups is 3. The molecule has 6 rings (SSSR count). The number of fused-ring (bicyclic) bond motifs is 1. The minimum absolute atomic E-state index is 0.00766. The second kappa shape index (κ2) is 11.1. The maximum absolute atomic E-state index is 13.8. The number of benzene rings is 3. The Bertz CT molecular complexity index is 1800. The van der Waals surface area contributed by atoms with Crippen LogP contribution in [0.25, 0.3) is 20.8 Å². The van der Waals surface area contributed by atoms with Gasteiger partial charge in [0, 0.05) is 11.1 Å². The molecule has 1 atom stereocenters. The Balaban J connectivity index is 1.28. The Kier molecular flexibility index (Phi) is 7.22. The number of aromatic nitrogens is 1. The lowest BCUT2D eigenvalue weighted by molar-refractivity contribution is -0.122. The molecule has 5 aromatic rings. The van der Waals surface area contributed by atoms with Gasteiger partial charge in [-0.3, -0.25) is 14.4 Å². The fraction of sp³-hybridized carbons (Fsp3) is 0.188. The van der Waals surface area contributed by atoms with Gasteiger partial charge in [-0.05, 0) is 79.2 Å². The Morgan fingerprint density at radius 1 is 1.02 bits per heavy atom. The van der Waals surface area contributed by atoms with E-state index in [0.29, 0.717) is 22.9 Å². The Morgan fingerprint density at radius 3 is 2.52 bits per heavy atom. The summed E-state index contributed by atoms with van der Waals surface area (Å²) in [4.78, 5) is 48.1. The van der Waals surface area contributed by atoms with Gasteiger partial charge in [0.1, 0.15) is 16.8 Å². The first-order valence-electron chi connectivity index (χ1n) is 13.3. The van der Waals surface area contributed by atoms with Crippen molar-refractivity contribution in [3.8, 4) is 22.1 Å². The van der Waals surface area contributed by atoms with Gasteiger partial charge in [-0.25, -0.2) is 9.88 Å². The van der Waals surface area contributed by atoms with E-state index in [1.165, 1.54) is 30.9 Å². The number of nitrogens with zero attached hydrogens (tertiary/aromatic N) is 3. The third kappa shape index (κ3) is 5.01. The van der Waals surface area contributed by atoms with Crippen molar-refractivity contribution in [1.29, 1.82) is 0 Å². The van der Waals surface area contributed by atoms with Crippen LogP contribution in [-0.2, 0) is 16.1 Å². The Labute approximate surface area is 245 Å². The number of rotatable bonds is 8. The molecule has 1 fully saturated rings. The second-order valence-electron chi connectivity index (χ2n) is 9.91. The molecule has 3 amide bonds. The van der Waals surface area contributed by atoms with Crippen molar-refractivity contribution >= 4 is 45.0 Å². The Morgan fingerprint density at radius 2 is 1.81 bits per heavy atom. The van der Waals surface area contributed by atoms with E-state index in [2.05, 4.69) is 6.07 Å². The normalized spacial score (nSPS) is 14.9. The van der Waals surface area contributed by atoms with Crippen LogP contribution in [0.15, 0.2) is 83.5 Å². The summed E-state index contributed by atoms with van der Waals surface area (Å²) in [6.07, 6.45) is 1.34. The topological polar surface area (TPSA) is 102 Å². The van der Waals surface area contributed by atoms with E-state index in [-0.39, 0.29) is 18.5 Å². The molecule has 212 valence electrons. The van der Waals surface area contributed by atoms with Gasteiger partial charge in [-0.15, -0.1) is 11.3 Å². The number of aryl methyl sites for hydroxylation is 1. The molecule has 1 aliphatic heterocycles. The van der Waals surface area contributed by atoms with E-state index in [1.54, 1.807) is 53.8 Å². The lowest BCUT2D eigenvalue weighted by atomic mass is 10.1. The van der Waals surface area contributed by atoms with E-state index >= 15 is 0 Å². The number of hydrogen-bond acceptors (Lipinski definition) is 8. The SMILES string of the molecule is COc1ccc(C(=O)N(Cc2ccco2)C2CC(=O)N(c3ccc(-c4nc5ccc(C)cc5s4)cc3)C2=O)cc1OC. The van der Waals surface area contributed by atoms with Crippen molar-refractivity contribution in [2.45, 2.75) is 25.9 Å². The highest BCUT2D eigenvalue weighted by Gasteiger charge is 2.45. The maximum Gasteiger partial charge on any atom is 0.257 e. The zero-order valence-electron chi connectivity index (χ0n) is 23.2. The van der Waals surface area contributed by atoms with Crippen LogP contribution in [0.4, 0.5) is 5.69 Å². The zero-order chi connectivity index (χ0) is 29.4. The van der Waals surface area contributed by atoms with Crippen LogP contribution in [0.5, 0.6) is 11.5 Å². The van der Waals surface area contributed by atoms with Crippen molar-refractivity contribution < 1.29 is 28.3 Å². The number of thiazole rings is 1. The van der Waals surface area contributed by atoms with E-state index in [1.807, 2.05) is 31.2 Å². The van der Waals surface area contributed by atoms with Gasteiger partial charge >= 0.3 is 0 Å². The number of hydrogen-bond donors (Lipinski definition) is 0. The summed E-state index contributed by atoms with van der Waals surface area (Å²) in [5.74, 6) is 0.00971. The van der Waals surface area contributed by atoms with Gasteiger partial charge in [0.25, 0.3) is 11.8 Å². The second-order valence-corrected chi connectivity index (χ2v) is 10.9. The molecular weight excluding hydrogens is 554 g/mol. The molecule has 0 bridgehead atoms. The molecule has 42 heavy (non-hydrogen) atoms. The average Bonchev–Trinajstić information content (AvgIpc) is 3.74. The zero-order valence-corrected chi connectivity index (χ0v) is 24.0. The first-order chi connectivity index (χ1) is 20.4. The van der Waals surface area contributed by atoms with E-state index in [4.69, 9.17) is 18.9 Å². The van der Waals surface area contributed by atoms with Crippen LogP contribution in [0.1, 0.15) is 28.1 Å². The predicted octanol–water partition coefficient (Wildman–Crippen LogP) is 5.86. The van der Waals surface area contributed by atoms with Crippen molar-refractivity contribution in [3.63, 3.8) is 0 Å².